The molecule has 0 radical (unpaired) electrons. The highest BCUT2D eigenvalue weighted by molar-refractivity contribution is 5.44. The molecular formula is C27H36FN3O4. The number of hydrogen-bond acceptors (Lipinski definition) is 6. The van der Waals surface area contributed by atoms with Gasteiger partial charge in [-0.15, -0.1) is 0 Å². The Morgan fingerprint density at radius 1 is 1.09 bits per heavy atom. The zero-order valence-corrected chi connectivity index (χ0v) is 21.0. The molecule has 0 aliphatic rings. The van der Waals surface area contributed by atoms with E-state index in [-0.39, 0.29) is 18.3 Å². The molecule has 0 bridgehead atoms. The average Bonchev–Trinajstić information content (AvgIpc) is 3.21. The van der Waals surface area contributed by atoms with Crippen LogP contribution in [0.3, 0.4) is 0 Å². The number of para-hydroxylation sites is 2. The first-order valence-corrected chi connectivity index (χ1v) is 12.0. The number of aromatic nitrogens is 2. The van der Waals surface area contributed by atoms with Gasteiger partial charge >= 0.3 is 0 Å². The van der Waals surface area contributed by atoms with Crippen molar-refractivity contribution in [2.45, 2.75) is 39.3 Å². The Morgan fingerprint density at radius 3 is 2.46 bits per heavy atom. The molecule has 2 aromatic carbocycles. The van der Waals surface area contributed by atoms with E-state index in [2.05, 4.69) is 18.7 Å². The number of methoxy groups -OCH3 is 1. The second-order valence-electron chi connectivity index (χ2n) is 8.64. The third-order valence-corrected chi connectivity index (χ3v) is 5.54. The van der Waals surface area contributed by atoms with Crippen molar-refractivity contribution in [1.82, 2.24) is 14.7 Å². The number of rotatable bonds is 14. The van der Waals surface area contributed by atoms with E-state index in [4.69, 9.17) is 19.3 Å². The number of hydrogen-bond donors (Lipinski definition) is 1. The van der Waals surface area contributed by atoms with Crippen LogP contribution in [0.25, 0.3) is 5.69 Å². The molecule has 0 aliphatic heterocycles. The summed E-state index contributed by atoms with van der Waals surface area (Å²) in [6, 6.07) is 16.0. The van der Waals surface area contributed by atoms with E-state index in [9.17, 15) is 9.50 Å². The third kappa shape index (κ3) is 7.35. The van der Waals surface area contributed by atoms with Gasteiger partial charge in [0, 0.05) is 33.4 Å². The molecule has 3 aromatic rings. The van der Waals surface area contributed by atoms with Crippen molar-refractivity contribution < 1.29 is 23.7 Å². The first-order chi connectivity index (χ1) is 16.9. The molecule has 0 unspecified atom stereocenters. The minimum absolute atomic E-state index is 0.0931. The molecule has 0 saturated carbocycles. The van der Waals surface area contributed by atoms with E-state index in [0.29, 0.717) is 38.7 Å². The molecule has 7 nitrogen and oxygen atoms in total. The summed E-state index contributed by atoms with van der Waals surface area (Å²) < 4.78 is 33.2. The lowest BCUT2D eigenvalue weighted by molar-refractivity contribution is 0.0147. The highest BCUT2D eigenvalue weighted by Crippen LogP contribution is 2.35. The number of benzene rings is 2. The van der Waals surface area contributed by atoms with Gasteiger partial charge in [0.2, 0.25) is 5.88 Å². The van der Waals surface area contributed by atoms with Gasteiger partial charge in [-0.3, -0.25) is 4.90 Å². The van der Waals surface area contributed by atoms with Crippen LogP contribution in [-0.4, -0.2) is 65.9 Å². The molecule has 0 fully saturated rings. The van der Waals surface area contributed by atoms with Crippen LogP contribution in [-0.2, 0) is 16.0 Å². The lowest BCUT2D eigenvalue weighted by Gasteiger charge is -2.25. The van der Waals surface area contributed by atoms with Gasteiger partial charge in [0.05, 0.1) is 36.3 Å². The highest BCUT2D eigenvalue weighted by Gasteiger charge is 2.26. The first kappa shape index (κ1) is 26.8. The second-order valence-corrected chi connectivity index (χ2v) is 8.64. The van der Waals surface area contributed by atoms with Crippen molar-refractivity contribution in [1.29, 1.82) is 0 Å². The van der Waals surface area contributed by atoms with Crippen LogP contribution in [0, 0.1) is 5.82 Å². The van der Waals surface area contributed by atoms with Gasteiger partial charge in [-0.25, -0.2) is 9.07 Å². The van der Waals surface area contributed by atoms with Crippen molar-refractivity contribution in [3.63, 3.8) is 0 Å². The molecule has 1 N–H and O–H groups in total. The Hall–Kier alpha value is -2.78. The first-order valence-electron chi connectivity index (χ1n) is 12.0. The van der Waals surface area contributed by atoms with Crippen LogP contribution < -0.4 is 4.74 Å². The van der Waals surface area contributed by atoms with Crippen LogP contribution >= 0.6 is 0 Å². The largest absolute Gasteiger partial charge is 0.435 e. The highest BCUT2D eigenvalue weighted by atomic mass is 19.1. The Morgan fingerprint density at radius 2 is 1.80 bits per heavy atom. The maximum absolute atomic E-state index is 14.6. The molecule has 3 rings (SSSR count). The van der Waals surface area contributed by atoms with Gasteiger partial charge in [0.15, 0.2) is 11.6 Å². The Balaban J connectivity index is 2.05. The van der Waals surface area contributed by atoms with Gasteiger partial charge in [-0.1, -0.05) is 44.2 Å². The Bertz CT molecular complexity index is 1040. The van der Waals surface area contributed by atoms with E-state index < -0.39 is 11.9 Å². The van der Waals surface area contributed by atoms with Crippen LogP contribution in [0.1, 0.15) is 37.9 Å². The summed E-state index contributed by atoms with van der Waals surface area (Å²) in [6.07, 6.45) is -0.658. The van der Waals surface area contributed by atoms with Crippen molar-refractivity contribution in [2.75, 3.05) is 40.0 Å². The third-order valence-electron chi connectivity index (χ3n) is 5.54. The Kier molecular flexibility index (Phi) is 10.2. The zero-order chi connectivity index (χ0) is 25.2. The second kappa shape index (κ2) is 13.3. The lowest BCUT2D eigenvalue weighted by atomic mass is 10.1. The predicted octanol–water partition coefficient (Wildman–Crippen LogP) is 4.77. The average molecular weight is 486 g/mol. The van der Waals surface area contributed by atoms with E-state index >= 15 is 0 Å². The summed E-state index contributed by atoms with van der Waals surface area (Å²) in [5.74, 6) is 0.219. The van der Waals surface area contributed by atoms with E-state index in [1.165, 1.54) is 6.07 Å². The molecule has 190 valence electrons. The normalized spacial score (nSPS) is 12.5. The standard InChI is InChI=1S/C27H36FN3O4/c1-5-34-19-22(32)17-30(15-16-33-4)18-23-26(20(2)3)29-31(21-11-7-6-8-12-21)27(23)35-25-14-10-9-13-24(25)28/h6-14,20,22,32H,5,15-19H2,1-4H3/t22-/m1/s1. The molecule has 1 atom stereocenters. The topological polar surface area (TPSA) is 69.0 Å². The summed E-state index contributed by atoms with van der Waals surface area (Å²) >= 11 is 0. The molecule has 0 aliphatic carbocycles. The molecule has 0 saturated heterocycles. The van der Waals surface area contributed by atoms with Crippen LogP contribution in [0.4, 0.5) is 4.39 Å². The summed E-state index contributed by atoms with van der Waals surface area (Å²) in [5.41, 5.74) is 2.50. The van der Waals surface area contributed by atoms with Gasteiger partial charge in [-0.2, -0.15) is 5.10 Å². The summed E-state index contributed by atoms with van der Waals surface area (Å²) in [7, 11) is 1.65. The summed E-state index contributed by atoms with van der Waals surface area (Å²) in [6.45, 7) is 8.73. The molecule has 1 heterocycles. The quantitative estimate of drug-likeness (QED) is 0.355. The van der Waals surface area contributed by atoms with E-state index in [1.54, 1.807) is 30.0 Å². The van der Waals surface area contributed by atoms with Gasteiger partial charge in [-0.05, 0) is 37.1 Å². The SMILES string of the molecule is CCOC[C@H](O)CN(CCOC)Cc1c(C(C)C)nn(-c2ccccc2)c1Oc1ccccc1F. The van der Waals surface area contributed by atoms with Crippen LogP contribution in [0.15, 0.2) is 54.6 Å². The lowest BCUT2D eigenvalue weighted by Crippen LogP contribution is -2.36. The van der Waals surface area contributed by atoms with Gasteiger partial charge < -0.3 is 19.3 Å². The maximum Gasteiger partial charge on any atom is 0.227 e. The molecule has 8 heteroatoms. The number of aliphatic hydroxyl groups excluding tert-OH is 1. The molecule has 35 heavy (non-hydrogen) atoms. The van der Waals surface area contributed by atoms with E-state index in [1.807, 2.05) is 37.3 Å². The van der Waals surface area contributed by atoms with Crippen molar-refractivity contribution in [3.8, 4) is 17.3 Å². The van der Waals surface area contributed by atoms with Gasteiger partial charge in [0.1, 0.15) is 0 Å². The van der Waals surface area contributed by atoms with E-state index in [0.717, 1.165) is 16.9 Å². The smallest absolute Gasteiger partial charge is 0.227 e. The molecule has 0 amide bonds. The monoisotopic (exact) mass is 485 g/mol. The van der Waals surface area contributed by atoms with Crippen LogP contribution in [0.2, 0.25) is 0 Å². The Labute approximate surface area is 207 Å². The minimum Gasteiger partial charge on any atom is -0.435 e. The predicted molar refractivity (Wildman–Crippen MR) is 134 cm³/mol. The fourth-order valence-corrected chi connectivity index (χ4v) is 3.83. The maximum atomic E-state index is 14.6. The zero-order valence-electron chi connectivity index (χ0n) is 21.0. The summed E-state index contributed by atoms with van der Waals surface area (Å²) in [4.78, 5) is 2.08. The van der Waals surface area contributed by atoms with Crippen molar-refractivity contribution >= 4 is 0 Å². The molecule has 0 spiro atoms. The summed E-state index contributed by atoms with van der Waals surface area (Å²) in [5, 5.41) is 15.4. The number of nitrogens with zero attached hydrogens (tertiary/aromatic N) is 3. The van der Waals surface area contributed by atoms with Gasteiger partial charge in [0.25, 0.3) is 0 Å². The number of aliphatic hydroxyl groups is 1. The van der Waals surface area contributed by atoms with Crippen molar-refractivity contribution in [2.24, 2.45) is 0 Å². The fourth-order valence-electron chi connectivity index (χ4n) is 3.83. The van der Waals surface area contributed by atoms with Crippen LogP contribution in [0.5, 0.6) is 11.6 Å². The molecular weight excluding hydrogens is 449 g/mol. The molecule has 1 aromatic heterocycles. The van der Waals surface area contributed by atoms with Crippen molar-refractivity contribution in [3.05, 3.63) is 71.7 Å². The fraction of sp³-hybridized carbons (Fsp3) is 0.444. The number of ether oxygens (including phenoxy) is 3. The minimum atomic E-state index is -0.658. The number of halogens is 1.